The zero-order chi connectivity index (χ0) is 14.9. The predicted octanol–water partition coefficient (Wildman–Crippen LogP) is 3.14. The van der Waals surface area contributed by atoms with Crippen molar-refractivity contribution in [3.63, 3.8) is 0 Å². The summed E-state index contributed by atoms with van der Waals surface area (Å²) in [6.45, 7) is 1.92. The first-order chi connectivity index (χ1) is 9.43. The second-order valence-corrected chi connectivity index (χ2v) is 6.27. The van der Waals surface area contributed by atoms with Crippen molar-refractivity contribution in [1.29, 1.82) is 0 Å². The Balaban J connectivity index is 2.33. The van der Waals surface area contributed by atoms with Gasteiger partial charge in [-0.1, -0.05) is 22.0 Å². The molecule has 2 aromatic rings. The van der Waals surface area contributed by atoms with Crippen LogP contribution < -0.4 is 11.3 Å². The van der Waals surface area contributed by atoms with E-state index in [1.807, 2.05) is 14.0 Å². The number of nitrogens with zero attached hydrogens (tertiary/aromatic N) is 2. The molecule has 7 heteroatoms. The standard InChI is InChI=1S/C13H15Br2FN4/c1-7-13(15)12(20(2)19-7)6-11(18-17)9-4-3-8(14)5-10(9)16/h3-5,11,18H,6,17H2,1-2H3. The van der Waals surface area contributed by atoms with Gasteiger partial charge in [-0.05, 0) is 35.0 Å². The summed E-state index contributed by atoms with van der Waals surface area (Å²) in [5.74, 6) is 5.30. The van der Waals surface area contributed by atoms with Gasteiger partial charge in [0.15, 0.2) is 0 Å². The Hall–Kier alpha value is -0.760. The van der Waals surface area contributed by atoms with Gasteiger partial charge in [-0.25, -0.2) is 4.39 Å². The van der Waals surface area contributed by atoms with Crippen LogP contribution in [0.25, 0.3) is 0 Å². The van der Waals surface area contributed by atoms with Crippen LogP contribution in [0.3, 0.4) is 0 Å². The fourth-order valence-corrected chi connectivity index (χ4v) is 2.97. The van der Waals surface area contributed by atoms with E-state index in [4.69, 9.17) is 5.84 Å². The highest BCUT2D eigenvalue weighted by atomic mass is 79.9. The Labute approximate surface area is 133 Å². The molecule has 1 unspecified atom stereocenters. The average molecular weight is 406 g/mol. The molecule has 1 atom stereocenters. The van der Waals surface area contributed by atoms with Crippen LogP contribution in [0.4, 0.5) is 4.39 Å². The molecule has 0 aliphatic carbocycles. The molecule has 108 valence electrons. The Morgan fingerprint density at radius 3 is 2.65 bits per heavy atom. The van der Waals surface area contributed by atoms with E-state index >= 15 is 0 Å². The summed E-state index contributed by atoms with van der Waals surface area (Å²) in [7, 11) is 1.86. The van der Waals surface area contributed by atoms with Crippen molar-refractivity contribution in [2.45, 2.75) is 19.4 Å². The Morgan fingerprint density at radius 1 is 1.45 bits per heavy atom. The second kappa shape index (κ2) is 6.34. The van der Waals surface area contributed by atoms with E-state index in [9.17, 15) is 4.39 Å². The summed E-state index contributed by atoms with van der Waals surface area (Å²) >= 11 is 6.76. The molecule has 1 aromatic heterocycles. The van der Waals surface area contributed by atoms with Gasteiger partial charge in [-0.2, -0.15) is 5.10 Å². The topological polar surface area (TPSA) is 55.9 Å². The first-order valence-electron chi connectivity index (χ1n) is 6.03. The smallest absolute Gasteiger partial charge is 0.129 e. The maximum atomic E-state index is 14.0. The fraction of sp³-hybridized carbons (Fsp3) is 0.308. The lowest BCUT2D eigenvalue weighted by Crippen LogP contribution is -2.31. The predicted molar refractivity (Wildman–Crippen MR) is 83.5 cm³/mol. The summed E-state index contributed by atoms with van der Waals surface area (Å²) in [5.41, 5.74) is 5.07. The second-order valence-electron chi connectivity index (χ2n) is 4.56. The van der Waals surface area contributed by atoms with Crippen molar-refractivity contribution < 1.29 is 4.39 Å². The van der Waals surface area contributed by atoms with Crippen molar-refractivity contribution in [2.24, 2.45) is 12.9 Å². The van der Waals surface area contributed by atoms with E-state index < -0.39 is 0 Å². The third kappa shape index (κ3) is 3.11. The molecule has 0 radical (unpaired) electrons. The van der Waals surface area contributed by atoms with E-state index in [2.05, 4.69) is 42.4 Å². The van der Waals surface area contributed by atoms with Gasteiger partial charge < -0.3 is 0 Å². The van der Waals surface area contributed by atoms with E-state index in [1.165, 1.54) is 6.07 Å². The molecule has 0 saturated heterocycles. The molecular weight excluding hydrogens is 391 g/mol. The Kier molecular flexibility index (Phi) is 4.95. The highest BCUT2D eigenvalue weighted by Crippen LogP contribution is 2.27. The molecule has 20 heavy (non-hydrogen) atoms. The van der Waals surface area contributed by atoms with Crippen LogP contribution in [0.1, 0.15) is 23.0 Å². The average Bonchev–Trinajstić information content (AvgIpc) is 2.62. The zero-order valence-corrected chi connectivity index (χ0v) is 14.3. The number of nitrogens with one attached hydrogen (secondary N) is 1. The van der Waals surface area contributed by atoms with Crippen LogP contribution in [-0.2, 0) is 13.5 Å². The van der Waals surface area contributed by atoms with Crippen LogP contribution in [0.15, 0.2) is 27.1 Å². The molecule has 3 N–H and O–H groups in total. The quantitative estimate of drug-likeness (QED) is 0.606. The molecule has 0 spiro atoms. The lowest BCUT2D eigenvalue weighted by Gasteiger charge is -2.17. The number of aryl methyl sites for hydroxylation is 2. The fourth-order valence-electron chi connectivity index (χ4n) is 2.14. The summed E-state index contributed by atoms with van der Waals surface area (Å²) in [5, 5.41) is 4.33. The van der Waals surface area contributed by atoms with E-state index in [0.717, 1.165) is 15.9 Å². The molecule has 1 aromatic carbocycles. The summed E-state index contributed by atoms with van der Waals surface area (Å²) in [6.07, 6.45) is 0.535. The highest BCUT2D eigenvalue weighted by molar-refractivity contribution is 9.10. The van der Waals surface area contributed by atoms with Crippen molar-refractivity contribution in [2.75, 3.05) is 0 Å². The number of rotatable bonds is 4. The number of hydrazine groups is 1. The number of hydrogen-bond donors (Lipinski definition) is 2. The maximum absolute atomic E-state index is 14.0. The highest BCUT2D eigenvalue weighted by Gasteiger charge is 2.20. The van der Waals surface area contributed by atoms with Crippen LogP contribution in [0, 0.1) is 12.7 Å². The number of aromatic nitrogens is 2. The van der Waals surface area contributed by atoms with Crippen LogP contribution in [0.5, 0.6) is 0 Å². The third-order valence-corrected chi connectivity index (χ3v) is 4.72. The minimum absolute atomic E-state index is 0.294. The van der Waals surface area contributed by atoms with Gasteiger partial charge in [0.05, 0.1) is 21.9 Å². The minimum Gasteiger partial charge on any atom is -0.271 e. The Bertz CT molecular complexity index is 627. The molecule has 0 bridgehead atoms. The van der Waals surface area contributed by atoms with Gasteiger partial charge in [0.25, 0.3) is 0 Å². The van der Waals surface area contributed by atoms with Crippen LogP contribution in [-0.4, -0.2) is 9.78 Å². The van der Waals surface area contributed by atoms with Crippen molar-refractivity contribution in [1.82, 2.24) is 15.2 Å². The molecule has 1 heterocycles. The first-order valence-corrected chi connectivity index (χ1v) is 7.61. The number of hydrogen-bond acceptors (Lipinski definition) is 3. The number of benzene rings is 1. The largest absolute Gasteiger partial charge is 0.271 e. The molecule has 0 saturated carbocycles. The first kappa shape index (κ1) is 15.6. The van der Waals surface area contributed by atoms with Gasteiger partial charge in [0, 0.05) is 23.5 Å². The van der Waals surface area contributed by atoms with Crippen LogP contribution in [0.2, 0.25) is 0 Å². The maximum Gasteiger partial charge on any atom is 0.129 e. The van der Waals surface area contributed by atoms with E-state index in [1.54, 1.807) is 16.8 Å². The molecule has 0 aliphatic rings. The number of halogens is 3. The molecular formula is C13H15Br2FN4. The summed E-state index contributed by atoms with van der Waals surface area (Å²) in [6, 6.07) is 4.63. The third-order valence-electron chi connectivity index (χ3n) is 3.20. The monoisotopic (exact) mass is 404 g/mol. The van der Waals surface area contributed by atoms with Crippen molar-refractivity contribution in [3.05, 3.63) is 49.9 Å². The molecule has 2 rings (SSSR count). The lowest BCUT2D eigenvalue weighted by atomic mass is 10.0. The molecule has 0 fully saturated rings. The molecule has 0 aliphatic heterocycles. The van der Waals surface area contributed by atoms with Gasteiger partial charge in [0.2, 0.25) is 0 Å². The SMILES string of the molecule is Cc1nn(C)c(CC(NN)c2ccc(Br)cc2F)c1Br. The normalized spacial score (nSPS) is 12.7. The minimum atomic E-state index is -0.325. The van der Waals surface area contributed by atoms with Crippen molar-refractivity contribution in [3.8, 4) is 0 Å². The number of nitrogens with two attached hydrogens (primary N) is 1. The molecule has 0 amide bonds. The zero-order valence-electron chi connectivity index (χ0n) is 11.1. The van der Waals surface area contributed by atoms with Crippen molar-refractivity contribution >= 4 is 31.9 Å². The molecule has 4 nitrogen and oxygen atoms in total. The van der Waals surface area contributed by atoms with Gasteiger partial charge in [0.1, 0.15) is 5.82 Å². The Morgan fingerprint density at radius 2 is 2.15 bits per heavy atom. The summed E-state index contributed by atoms with van der Waals surface area (Å²) in [4.78, 5) is 0. The summed E-state index contributed by atoms with van der Waals surface area (Å²) < 4.78 is 17.4. The van der Waals surface area contributed by atoms with Gasteiger partial charge in [-0.3, -0.25) is 16.0 Å². The van der Waals surface area contributed by atoms with E-state index in [-0.39, 0.29) is 11.9 Å². The van der Waals surface area contributed by atoms with Crippen LogP contribution >= 0.6 is 31.9 Å². The van der Waals surface area contributed by atoms with Gasteiger partial charge in [-0.15, -0.1) is 0 Å². The lowest BCUT2D eigenvalue weighted by molar-refractivity contribution is 0.496. The van der Waals surface area contributed by atoms with E-state index in [0.29, 0.717) is 16.5 Å². The van der Waals surface area contributed by atoms with Gasteiger partial charge >= 0.3 is 0 Å².